The van der Waals surface area contributed by atoms with Crippen LogP contribution in [0.15, 0.2) is 11.6 Å². The largest absolute Gasteiger partial charge is 0.458 e. The minimum Gasteiger partial charge on any atom is -0.458 e. The van der Waals surface area contributed by atoms with E-state index in [1.165, 1.54) is 13.8 Å². The van der Waals surface area contributed by atoms with E-state index < -0.39 is 29.6 Å². The standard InChI is InChI=1S/C14H20O5/c1-8-6-12(18-9(2)15)13(19-10(3)16)14(4,5)7-11(8)17/h6,12-13H,7H2,1-5H3/t12-,13+/m0/s1. The first kappa shape index (κ1) is 15.4. The molecule has 0 unspecified atom stereocenters. The second kappa shape index (κ2) is 5.55. The van der Waals surface area contributed by atoms with Crippen molar-refractivity contribution in [2.24, 2.45) is 5.41 Å². The molecular formula is C14H20O5. The summed E-state index contributed by atoms with van der Waals surface area (Å²) in [5, 5.41) is 0. The summed E-state index contributed by atoms with van der Waals surface area (Å²) in [6.07, 6.45) is 0.398. The number of ketones is 1. The number of Topliss-reactive ketones (excluding diaryl/α,β-unsaturated/α-hetero) is 1. The van der Waals surface area contributed by atoms with Crippen molar-refractivity contribution in [1.29, 1.82) is 0 Å². The lowest BCUT2D eigenvalue weighted by molar-refractivity contribution is -0.171. The van der Waals surface area contributed by atoms with Crippen LogP contribution in [0.25, 0.3) is 0 Å². The number of hydrogen-bond acceptors (Lipinski definition) is 5. The minimum atomic E-state index is -0.733. The summed E-state index contributed by atoms with van der Waals surface area (Å²) < 4.78 is 10.5. The lowest BCUT2D eigenvalue weighted by Crippen LogP contribution is -2.43. The van der Waals surface area contributed by atoms with Crippen molar-refractivity contribution in [2.45, 2.75) is 53.2 Å². The highest BCUT2D eigenvalue weighted by Crippen LogP contribution is 2.36. The lowest BCUT2D eigenvalue weighted by Gasteiger charge is -2.35. The van der Waals surface area contributed by atoms with Crippen molar-refractivity contribution >= 4 is 17.7 Å². The van der Waals surface area contributed by atoms with Crippen molar-refractivity contribution < 1.29 is 23.9 Å². The van der Waals surface area contributed by atoms with Gasteiger partial charge in [0.15, 0.2) is 11.9 Å². The van der Waals surface area contributed by atoms with E-state index in [0.717, 1.165) is 0 Å². The van der Waals surface area contributed by atoms with Gasteiger partial charge in [0.1, 0.15) is 6.10 Å². The summed E-state index contributed by atoms with van der Waals surface area (Å²) in [4.78, 5) is 34.4. The van der Waals surface area contributed by atoms with Crippen LogP contribution >= 0.6 is 0 Å². The molecule has 0 spiro atoms. The second-order valence-electron chi connectivity index (χ2n) is 5.54. The topological polar surface area (TPSA) is 69.7 Å². The predicted molar refractivity (Wildman–Crippen MR) is 68.3 cm³/mol. The summed E-state index contributed by atoms with van der Waals surface area (Å²) in [6.45, 7) is 7.89. The van der Waals surface area contributed by atoms with Crippen LogP contribution in [0.3, 0.4) is 0 Å². The van der Waals surface area contributed by atoms with Crippen molar-refractivity contribution in [1.82, 2.24) is 0 Å². The van der Waals surface area contributed by atoms with Gasteiger partial charge in [-0.2, -0.15) is 0 Å². The highest BCUT2D eigenvalue weighted by molar-refractivity contribution is 5.95. The van der Waals surface area contributed by atoms with E-state index in [9.17, 15) is 14.4 Å². The Bertz CT molecular complexity index is 433. The summed E-state index contributed by atoms with van der Waals surface area (Å²) >= 11 is 0. The number of ether oxygens (including phenoxy) is 2. The molecule has 1 aliphatic carbocycles. The van der Waals surface area contributed by atoms with Gasteiger partial charge in [-0.15, -0.1) is 0 Å². The van der Waals surface area contributed by atoms with Crippen LogP contribution < -0.4 is 0 Å². The van der Waals surface area contributed by atoms with E-state index in [1.807, 2.05) is 13.8 Å². The molecule has 0 saturated carbocycles. The molecule has 2 atom stereocenters. The van der Waals surface area contributed by atoms with Gasteiger partial charge in [0.25, 0.3) is 0 Å². The number of carbonyl (C=O) groups excluding carboxylic acids is 3. The first-order valence-electron chi connectivity index (χ1n) is 6.19. The Morgan fingerprint density at radius 3 is 2.21 bits per heavy atom. The molecule has 1 rings (SSSR count). The van der Waals surface area contributed by atoms with E-state index in [2.05, 4.69) is 0 Å². The molecule has 0 bridgehead atoms. The Morgan fingerprint density at radius 1 is 1.21 bits per heavy atom. The van der Waals surface area contributed by atoms with Crippen molar-refractivity contribution in [3.8, 4) is 0 Å². The number of carbonyl (C=O) groups is 3. The zero-order valence-corrected chi connectivity index (χ0v) is 12.0. The zero-order chi connectivity index (χ0) is 14.8. The molecule has 5 nitrogen and oxygen atoms in total. The number of hydrogen-bond donors (Lipinski definition) is 0. The van der Waals surface area contributed by atoms with E-state index in [-0.39, 0.29) is 12.2 Å². The Morgan fingerprint density at radius 2 is 1.74 bits per heavy atom. The maximum atomic E-state index is 11.9. The van der Waals surface area contributed by atoms with Crippen LogP contribution in [0, 0.1) is 5.41 Å². The van der Waals surface area contributed by atoms with Gasteiger partial charge in [0, 0.05) is 25.7 Å². The average Bonchev–Trinajstić information content (AvgIpc) is 2.28. The lowest BCUT2D eigenvalue weighted by atomic mass is 9.80. The Balaban J connectivity index is 3.17. The van der Waals surface area contributed by atoms with Crippen LogP contribution in [0.1, 0.15) is 41.0 Å². The van der Waals surface area contributed by atoms with Crippen LogP contribution in [-0.2, 0) is 23.9 Å². The molecule has 0 heterocycles. The van der Waals surface area contributed by atoms with Crippen LogP contribution in [0.2, 0.25) is 0 Å². The van der Waals surface area contributed by atoms with Gasteiger partial charge in [0.05, 0.1) is 0 Å². The first-order valence-corrected chi connectivity index (χ1v) is 6.19. The second-order valence-corrected chi connectivity index (χ2v) is 5.54. The molecule has 0 aromatic rings. The molecule has 1 aliphatic rings. The van der Waals surface area contributed by atoms with Gasteiger partial charge in [-0.1, -0.05) is 13.8 Å². The molecule has 106 valence electrons. The number of esters is 2. The average molecular weight is 268 g/mol. The van der Waals surface area contributed by atoms with Gasteiger partial charge in [-0.05, 0) is 18.6 Å². The van der Waals surface area contributed by atoms with Gasteiger partial charge in [-0.3, -0.25) is 14.4 Å². The third-order valence-electron chi connectivity index (χ3n) is 3.13. The maximum absolute atomic E-state index is 11.9. The molecule has 5 heteroatoms. The molecule has 0 N–H and O–H groups in total. The maximum Gasteiger partial charge on any atom is 0.303 e. The van der Waals surface area contributed by atoms with Crippen LogP contribution in [-0.4, -0.2) is 29.9 Å². The normalized spacial score (nSPS) is 26.2. The molecule has 0 aliphatic heterocycles. The summed E-state index contributed by atoms with van der Waals surface area (Å²) in [5.41, 5.74) is -0.0779. The SMILES string of the molecule is CC(=O)O[C@H]1C=C(C)C(=O)CC(C)(C)[C@@H]1OC(C)=O. The monoisotopic (exact) mass is 268 g/mol. The van der Waals surface area contributed by atoms with E-state index in [0.29, 0.717) is 5.57 Å². The van der Waals surface area contributed by atoms with Gasteiger partial charge in [0.2, 0.25) is 0 Å². The highest BCUT2D eigenvalue weighted by Gasteiger charge is 2.43. The highest BCUT2D eigenvalue weighted by atomic mass is 16.6. The molecule has 0 aromatic carbocycles. The van der Waals surface area contributed by atoms with Gasteiger partial charge >= 0.3 is 11.9 Å². The third-order valence-corrected chi connectivity index (χ3v) is 3.13. The fraction of sp³-hybridized carbons (Fsp3) is 0.643. The predicted octanol–water partition coefficient (Wildman–Crippen LogP) is 1.80. The molecule has 0 fully saturated rings. The van der Waals surface area contributed by atoms with Crippen LogP contribution in [0.5, 0.6) is 0 Å². The molecular weight excluding hydrogens is 248 g/mol. The smallest absolute Gasteiger partial charge is 0.303 e. The van der Waals surface area contributed by atoms with Crippen LogP contribution in [0.4, 0.5) is 0 Å². The molecule has 19 heavy (non-hydrogen) atoms. The number of allylic oxidation sites excluding steroid dienone is 1. The number of rotatable bonds is 2. The first-order chi connectivity index (χ1) is 8.63. The van der Waals surface area contributed by atoms with Gasteiger partial charge in [-0.25, -0.2) is 0 Å². The fourth-order valence-corrected chi connectivity index (χ4v) is 2.22. The molecule has 0 radical (unpaired) electrons. The van der Waals surface area contributed by atoms with E-state index in [1.54, 1.807) is 13.0 Å². The summed E-state index contributed by atoms with van der Waals surface area (Å²) in [5.74, 6) is -0.969. The zero-order valence-electron chi connectivity index (χ0n) is 12.0. The van der Waals surface area contributed by atoms with Gasteiger partial charge < -0.3 is 9.47 Å². The Kier molecular flexibility index (Phi) is 4.50. The molecule has 0 amide bonds. The van der Waals surface area contributed by atoms with E-state index >= 15 is 0 Å². The summed E-state index contributed by atoms with van der Waals surface area (Å²) in [7, 11) is 0. The molecule has 0 aromatic heterocycles. The quantitative estimate of drug-likeness (QED) is 0.714. The third kappa shape index (κ3) is 3.91. The fourth-order valence-electron chi connectivity index (χ4n) is 2.22. The van der Waals surface area contributed by atoms with E-state index in [4.69, 9.17) is 9.47 Å². The Labute approximate surface area is 112 Å². The van der Waals surface area contributed by atoms with Crippen molar-refractivity contribution in [3.63, 3.8) is 0 Å². The summed E-state index contributed by atoms with van der Waals surface area (Å²) in [6, 6.07) is 0. The van der Waals surface area contributed by atoms with Crippen molar-refractivity contribution in [3.05, 3.63) is 11.6 Å². The Hall–Kier alpha value is -1.65. The van der Waals surface area contributed by atoms with Crippen molar-refractivity contribution in [2.75, 3.05) is 0 Å². The minimum absolute atomic E-state index is 0.0307. The molecule has 0 saturated heterocycles.